The third-order valence-corrected chi connectivity index (χ3v) is 4.04. The molecule has 0 bridgehead atoms. The van der Waals surface area contributed by atoms with Gasteiger partial charge in [-0.3, -0.25) is 0 Å². The molecule has 1 atom stereocenters. The van der Waals surface area contributed by atoms with Crippen molar-refractivity contribution < 1.29 is 14.6 Å². The number of aromatic hydroxyl groups is 2. The topological polar surface area (TPSA) is 43.7 Å². The van der Waals surface area contributed by atoms with E-state index in [-0.39, 0.29) is 23.4 Å². The summed E-state index contributed by atoms with van der Waals surface area (Å²) in [7, 11) is 0. The molecule has 0 aromatic heterocycles. The lowest BCUT2D eigenvalue weighted by Crippen LogP contribution is -2.19. The Morgan fingerprint density at radius 1 is 1.14 bits per heavy atom. The minimum atomic E-state index is -0.267. The van der Waals surface area contributed by atoms with Gasteiger partial charge in [-0.1, -0.05) is 24.8 Å². The number of hydrogen-bond acceptors (Lipinski definition) is 3. The summed E-state index contributed by atoms with van der Waals surface area (Å²) in [5, 5.41) is 19.6. The normalized spacial score (nSPS) is 15.1. The highest BCUT2D eigenvalue weighted by Gasteiger charge is 2.30. The van der Waals surface area contributed by atoms with E-state index in [0.29, 0.717) is 17.8 Å². The zero-order valence-corrected chi connectivity index (χ0v) is 11.7. The summed E-state index contributed by atoms with van der Waals surface area (Å²) < 4.78 is 13.0. The molecule has 0 radical (unpaired) electrons. The first-order valence-corrected chi connectivity index (χ1v) is 6.74. The predicted octanol–water partition coefficient (Wildman–Crippen LogP) is 3.78. The SMILES string of the molecule is C=C1c2c(ccc(O)c2O)CN1[C@H](C)c1ccc(F)cc1. The Labute approximate surface area is 122 Å². The third kappa shape index (κ3) is 2.13. The molecule has 2 aromatic rings. The Balaban J connectivity index is 1.94. The number of nitrogens with zero attached hydrogens (tertiary/aromatic N) is 1. The Morgan fingerprint density at radius 2 is 1.81 bits per heavy atom. The highest BCUT2D eigenvalue weighted by molar-refractivity contribution is 5.76. The van der Waals surface area contributed by atoms with Gasteiger partial charge in [-0.15, -0.1) is 0 Å². The van der Waals surface area contributed by atoms with Crippen LogP contribution in [0.5, 0.6) is 11.5 Å². The van der Waals surface area contributed by atoms with Gasteiger partial charge in [-0.2, -0.15) is 0 Å². The van der Waals surface area contributed by atoms with Crippen molar-refractivity contribution >= 4 is 5.70 Å². The van der Waals surface area contributed by atoms with Crippen molar-refractivity contribution in [1.82, 2.24) is 4.90 Å². The van der Waals surface area contributed by atoms with Gasteiger partial charge in [-0.25, -0.2) is 4.39 Å². The van der Waals surface area contributed by atoms with Crippen LogP contribution in [0.15, 0.2) is 43.0 Å². The lowest BCUT2D eigenvalue weighted by Gasteiger charge is -2.27. The smallest absolute Gasteiger partial charge is 0.167 e. The molecule has 0 spiro atoms. The van der Waals surface area contributed by atoms with Crippen LogP contribution in [0.25, 0.3) is 5.70 Å². The van der Waals surface area contributed by atoms with Crippen molar-refractivity contribution in [3.05, 3.63) is 65.5 Å². The van der Waals surface area contributed by atoms with E-state index in [1.54, 1.807) is 18.2 Å². The molecule has 0 unspecified atom stereocenters. The second-order valence-corrected chi connectivity index (χ2v) is 5.27. The van der Waals surface area contributed by atoms with Crippen LogP contribution in [0.4, 0.5) is 4.39 Å². The molecule has 0 amide bonds. The summed E-state index contributed by atoms with van der Waals surface area (Å²) in [6.07, 6.45) is 0. The van der Waals surface area contributed by atoms with E-state index < -0.39 is 0 Å². The molecular weight excluding hydrogens is 269 g/mol. The number of rotatable bonds is 2. The first-order chi connectivity index (χ1) is 9.99. The monoisotopic (exact) mass is 285 g/mol. The van der Waals surface area contributed by atoms with Crippen LogP contribution in [0.3, 0.4) is 0 Å². The fourth-order valence-electron chi connectivity index (χ4n) is 2.79. The maximum Gasteiger partial charge on any atom is 0.167 e. The first-order valence-electron chi connectivity index (χ1n) is 6.74. The van der Waals surface area contributed by atoms with Gasteiger partial charge in [0.1, 0.15) is 5.82 Å². The lowest BCUT2D eigenvalue weighted by molar-refractivity contribution is 0.325. The molecule has 21 heavy (non-hydrogen) atoms. The highest BCUT2D eigenvalue weighted by Crippen LogP contribution is 2.45. The van der Waals surface area contributed by atoms with Crippen molar-refractivity contribution in [3.8, 4) is 11.5 Å². The van der Waals surface area contributed by atoms with Gasteiger partial charge in [0.25, 0.3) is 0 Å². The molecule has 1 heterocycles. The zero-order chi connectivity index (χ0) is 15.1. The van der Waals surface area contributed by atoms with Gasteiger partial charge in [-0.05, 0) is 36.2 Å². The van der Waals surface area contributed by atoms with E-state index in [1.165, 1.54) is 18.2 Å². The van der Waals surface area contributed by atoms with E-state index in [4.69, 9.17) is 0 Å². The standard InChI is InChI=1S/C17H16FNO2/c1-10(12-3-6-14(18)7-4-12)19-9-13-5-8-15(20)17(21)16(13)11(19)2/h3-8,10,20-21H,2,9H2,1H3/t10-/m1/s1. The van der Waals surface area contributed by atoms with E-state index in [9.17, 15) is 14.6 Å². The Hall–Kier alpha value is -2.49. The summed E-state index contributed by atoms with van der Waals surface area (Å²) in [4.78, 5) is 2.02. The Bertz CT molecular complexity index is 709. The average Bonchev–Trinajstić information content (AvgIpc) is 2.81. The maximum absolute atomic E-state index is 13.0. The van der Waals surface area contributed by atoms with Crippen LogP contribution >= 0.6 is 0 Å². The number of benzene rings is 2. The molecule has 2 N–H and O–H groups in total. The molecule has 1 aliphatic rings. The van der Waals surface area contributed by atoms with E-state index in [2.05, 4.69) is 6.58 Å². The van der Waals surface area contributed by atoms with Gasteiger partial charge in [0, 0.05) is 17.8 Å². The number of phenolic OH excluding ortho intramolecular Hbond substituents is 2. The minimum Gasteiger partial charge on any atom is -0.504 e. The molecule has 3 rings (SSSR count). The summed E-state index contributed by atoms with van der Waals surface area (Å²) in [5.74, 6) is -0.547. The van der Waals surface area contributed by atoms with Crippen LogP contribution < -0.4 is 0 Å². The maximum atomic E-state index is 13.0. The van der Waals surface area contributed by atoms with Gasteiger partial charge >= 0.3 is 0 Å². The fourth-order valence-corrected chi connectivity index (χ4v) is 2.79. The van der Waals surface area contributed by atoms with E-state index >= 15 is 0 Å². The molecule has 0 saturated carbocycles. The van der Waals surface area contributed by atoms with E-state index in [1.807, 2.05) is 11.8 Å². The average molecular weight is 285 g/mol. The van der Waals surface area contributed by atoms with Crippen LogP contribution in [-0.4, -0.2) is 15.1 Å². The highest BCUT2D eigenvalue weighted by atomic mass is 19.1. The molecule has 1 aliphatic heterocycles. The molecule has 3 nitrogen and oxygen atoms in total. The Morgan fingerprint density at radius 3 is 2.48 bits per heavy atom. The first kappa shape index (κ1) is 13.5. The lowest BCUT2D eigenvalue weighted by atomic mass is 10.1. The summed E-state index contributed by atoms with van der Waals surface area (Å²) in [6.45, 7) is 6.62. The van der Waals surface area contributed by atoms with Crippen molar-refractivity contribution in [2.24, 2.45) is 0 Å². The zero-order valence-electron chi connectivity index (χ0n) is 11.7. The number of phenols is 2. The molecule has 0 saturated heterocycles. The van der Waals surface area contributed by atoms with Gasteiger partial charge in [0.2, 0.25) is 0 Å². The van der Waals surface area contributed by atoms with Crippen LogP contribution in [0, 0.1) is 5.82 Å². The molecular formula is C17H16FNO2. The van der Waals surface area contributed by atoms with Crippen molar-refractivity contribution in [3.63, 3.8) is 0 Å². The van der Waals surface area contributed by atoms with Gasteiger partial charge in [0.05, 0.1) is 6.04 Å². The largest absolute Gasteiger partial charge is 0.504 e. The second-order valence-electron chi connectivity index (χ2n) is 5.27. The fraction of sp³-hybridized carbons (Fsp3) is 0.176. The van der Waals surface area contributed by atoms with Crippen LogP contribution in [0.1, 0.15) is 29.7 Å². The summed E-state index contributed by atoms with van der Waals surface area (Å²) >= 11 is 0. The molecule has 2 aromatic carbocycles. The van der Waals surface area contributed by atoms with Gasteiger partial charge < -0.3 is 15.1 Å². The van der Waals surface area contributed by atoms with Crippen LogP contribution in [0.2, 0.25) is 0 Å². The second kappa shape index (κ2) is 4.81. The summed E-state index contributed by atoms with van der Waals surface area (Å²) in [5.41, 5.74) is 3.14. The van der Waals surface area contributed by atoms with Gasteiger partial charge in [0.15, 0.2) is 11.5 Å². The quantitative estimate of drug-likeness (QED) is 0.825. The van der Waals surface area contributed by atoms with Crippen molar-refractivity contribution in [2.45, 2.75) is 19.5 Å². The predicted molar refractivity (Wildman–Crippen MR) is 79.2 cm³/mol. The summed E-state index contributed by atoms with van der Waals surface area (Å²) in [6, 6.07) is 9.61. The molecule has 0 aliphatic carbocycles. The number of fused-ring (bicyclic) bond motifs is 1. The minimum absolute atomic E-state index is 0.00737. The van der Waals surface area contributed by atoms with E-state index in [0.717, 1.165) is 11.1 Å². The third-order valence-electron chi connectivity index (χ3n) is 4.04. The molecule has 4 heteroatoms. The Kier molecular flexibility index (Phi) is 3.09. The molecule has 0 fully saturated rings. The molecule has 108 valence electrons. The van der Waals surface area contributed by atoms with Crippen LogP contribution in [-0.2, 0) is 6.54 Å². The number of halogens is 1. The van der Waals surface area contributed by atoms with Crippen molar-refractivity contribution in [2.75, 3.05) is 0 Å². The van der Waals surface area contributed by atoms with Crippen molar-refractivity contribution in [1.29, 1.82) is 0 Å². The number of hydrogen-bond donors (Lipinski definition) is 2.